The van der Waals surface area contributed by atoms with Gasteiger partial charge in [0.05, 0.1) is 29.7 Å². The van der Waals surface area contributed by atoms with E-state index in [0.29, 0.717) is 3.71 Å². The highest BCUT2D eigenvalue weighted by Crippen LogP contribution is 2.35. The zero-order valence-electron chi connectivity index (χ0n) is 25.5. The summed E-state index contributed by atoms with van der Waals surface area (Å²) in [4.78, 5) is 2.16. The van der Waals surface area contributed by atoms with Crippen LogP contribution in [0.4, 0.5) is 5.69 Å². The van der Waals surface area contributed by atoms with Gasteiger partial charge in [-0.05, 0) is 82.8 Å². The number of methoxy groups -OCH3 is 2. The molecule has 1 heterocycles. The van der Waals surface area contributed by atoms with Crippen LogP contribution in [0.25, 0.3) is 11.1 Å². The van der Waals surface area contributed by atoms with Crippen LogP contribution in [0.1, 0.15) is 16.7 Å². The highest BCUT2D eigenvalue weighted by Gasteiger charge is 2.36. The molecule has 0 fully saturated rings. The molecule has 0 aliphatic carbocycles. The van der Waals surface area contributed by atoms with Crippen LogP contribution >= 0.6 is 0 Å². The van der Waals surface area contributed by atoms with E-state index in [9.17, 15) is 16.8 Å². The highest BCUT2D eigenvalue weighted by molar-refractivity contribution is 8.10. The van der Waals surface area contributed by atoms with E-state index in [0.717, 1.165) is 48.7 Å². The van der Waals surface area contributed by atoms with Crippen molar-refractivity contribution in [3.8, 4) is 22.6 Å². The predicted octanol–water partition coefficient (Wildman–Crippen LogP) is 6.51. The number of sulfonamides is 2. The van der Waals surface area contributed by atoms with Crippen LogP contribution in [0.5, 0.6) is 11.5 Å². The van der Waals surface area contributed by atoms with E-state index in [1.807, 2.05) is 12.1 Å². The molecule has 236 valence electrons. The van der Waals surface area contributed by atoms with Crippen molar-refractivity contribution in [2.45, 2.75) is 29.3 Å². The van der Waals surface area contributed by atoms with Crippen molar-refractivity contribution >= 4 is 25.7 Å². The lowest BCUT2D eigenvalue weighted by Crippen LogP contribution is -2.37. The van der Waals surface area contributed by atoms with Crippen molar-refractivity contribution in [3.05, 3.63) is 138 Å². The number of anilines is 1. The molecule has 8 nitrogen and oxygen atoms in total. The Bertz CT molecular complexity index is 1970. The van der Waals surface area contributed by atoms with Gasteiger partial charge in [-0.25, -0.2) is 16.8 Å². The lowest BCUT2D eigenvalue weighted by molar-refractivity contribution is 0.244. The van der Waals surface area contributed by atoms with Crippen LogP contribution in [0.2, 0.25) is 0 Å². The first-order chi connectivity index (χ1) is 22.2. The van der Waals surface area contributed by atoms with Crippen LogP contribution in [0, 0.1) is 0 Å². The Kier molecular flexibility index (Phi) is 8.86. The first kappa shape index (κ1) is 31.3. The molecule has 0 radical (unpaired) electrons. The summed E-state index contributed by atoms with van der Waals surface area (Å²) in [6.45, 7) is 2.53. The van der Waals surface area contributed by atoms with Crippen molar-refractivity contribution in [1.29, 1.82) is 0 Å². The number of fused-ring (bicyclic) bond motifs is 1. The quantitative estimate of drug-likeness (QED) is 0.169. The molecule has 0 aromatic heterocycles. The Morgan fingerprint density at radius 2 is 1.11 bits per heavy atom. The molecule has 1 aliphatic rings. The second-order valence-corrected chi connectivity index (χ2v) is 14.8. The summed E-state index contributed by atoms with van der Waals surface area (Å²) in [7, 11) is -5.61. The van der Waals surface area contributed by atoms with E-state index in [2.05, 4.69) is 29.2 Å². The molecule has 5 aromatic rings. The first-order valence-electron chi connectivity index (χ1n) is 14.8. The Morgan fingerprint density at radius 3 is 1.61 bits per heavy atom. The van der Waals surface area contributed by atoms with E-state index in [1.165, 1.54) is 53.1 Å². The van der Waals surface area contributed by atoms with E-state index >= 15 is 0 Å². The van der Waals surface area contributed by atoms with E-state index in [4.69, 9.17) is 9.47 Å². The van der Waals surface area contributed by atoms with Crippen molar-refractivity contribution in [3.63, 3.8) is 0 Å². The van der Waals surface area contributed by atoms with Gasteiger partial charge in [-0.3, -0.25) is 4.90 Å². The van der Waals surface area contributed by atoms with E-state index in [-0.39, 0.29) is 15.5 Å². The van der Waals surface area contributed by atoms with Gasteiger partial charge in [-0.2, -0.15) is 3.71 Å². The lowest BCUT2D eigenvalue weighted by Gasteiger charge is -2.29. The molecule has 0 N–H and O–H groups in total. The van der Waals surface area contributed by atoms with Gasteiger partial charge in [-0.15, -0.1) is 0 Å². The van der Waals surface area contributed by atoms with Gasteiger partial charge in [0, 0.05) is 19.6 Å². The van der Waals surface area contributed by atoms with Crippen LogP contribution in [-0.4, -0.2) is 42.5 Å². The normalized spacial score (nSPS) is 13.5. The number of hydrogen-bond donors (Lipinski definition) is 0. The molecular weight excluding hydrogens is 621 g/mol. The number of hydrogen-bond acceptors (Lipinski definition) is 7. The summed E-state index contributed by atoms with van der Waals surface area (Å²) in [6, 6.07) is 34.0. The molecule has 6 rings (SSSR count). The van der Waals surface area contributed by atoms with Gasteiger partial charge in [-0.1, -0.05) is 72.8 Å². The molecule has 0 unspecified atom stereocenters. The van der Waals surface area contributed by atoms with Gasteiger partial charge in [0.1, 0.15) is 0 Å². The van der Waals surface area contributed by atoms with Crippen molar-refractivity contribution in [2.24, 2.45) is 0 Å². The van der Waals surface area contributed by atoms with E-state index in [1.54, 1.807) is 62.8 Å². The minimum Gasteiger partial charge on any atom is -0.493 e. The molecule has 0 saturated carbocycles. The summed E-state index contributed by atoms with van der Waals surface area (Å²) < 4.78 is 66.6. The summed E-state index contributed by atoms with van der Waals surface area (Å²) in [5.41, 5.74) is 5.46. The Morgan fingerprint density at radius 1 is 0.630 bits per heavy atom. The maximum absolute atomic E-state index is 13.8. The average molecular weight is 655 g/mol. The smallest absolute Gasteiger partial charge is 0.277 e. The Hall–Kier alpha value is -4.64. The van der Waals surface area contributed by atoms with Gasteiger partial charge >= 0.3 is 0 Å². The molecule has 0 amide bonds. The first-order valence-corrected chi connectivity index (χ1v) is 17.6. The maximum atomic E-state index is 13.8. The summed E-state index contributed by atoms with van der Waals surface area (Å²) in [5, 5.41) is 0. The molecule has 10 heteroatoms. The van der Waals surface area contributed by atoms with Crippen molar-refractivity contribution in [2.75, 3.05) is 24.5 Å². The molecule has 0 spiro atoms. The van der Waals surface area contributed by atoms with Crippen LogP contribution in [0.15, 0.2) is 131 Å². The zero-order chi connectivity index (χ0) is 32.3. The number of benzene rings is 5. The molecule has 0 saturated heterocycles. The monoisotopic (exact) mass is 654 g/mol. The molecule has 46 heavy (non-hydrogen) atoms. The Labute approximate surface area is 270 Å². The number of ether oxygens (including phenoxy) is 2. The minimum atomic E-state index is -4.46. The molecular formula is C36H34N2O6S2. The van der Waals surface area contributed by atoms with Gasteiger partial charge < -0.3 is 9.47 Å². The predicted molar refractivity (Wildman–Crippen MR) is 179 cm³/mol. The third-order valence-electron chi connectivity index (χ3n) is 8.09. The van der Waals surface area contributed by atoms with Crippen molar-refractivity contribution < 1.29 is 26.3 Å². The average Bonchev–Trinajstić information content (AvgIpc) is 3.09. The van der Waals surface area contributed by atoms with Gasteiger partial charge in [0.2, 0.25) is 0 Å². The van der Waals surface area contributed by atoms with Crippen LogP contribution < -0.4 is 13.2 Å². The third-order valence-corrected chi connectivity index (χ3v) is 12.3. The fraction of sp³-hybridized carbons (Fsp3) is 0.167. The van der Waals surface area contributed by atoms with Crippen LogP contribution in [0.3, 0.4) is 0 Å². The second kappa shape index (κ2) is 13.0. The standard InChI is InChI=1S/C36H34N2O6S2/c1-43-35-23-30-21-22-37(26-31(30)24-36(35)44-2)25-27-13-15-28(16-14-27)29-17-19-32(20-18-29)38(45(39,40)33-9-5-3-6-10-33)46(41,42)34-11-7-4-8-12-34/h3-20,23-24H,21-22,25-26H2,1-2H3. The number of nitrogens with zero attached hydrogens (tertiary/aromatic N) is 2. The van der Waals surface area contributed by atoms with Gasteiger partial charge in [0.25, 0.3) is 20.0 Å². The molecule has 0 atom stereocenters. The Balaban J connectivity index is 1.23. The topological polar surface area (TPSA) is 93.2 Å². The zero-order valence-corrected chi connectivity index (χ0v) is 27.2. The van der Waals surface area contributed by atoms with Crippen molar-refractivity contribution in [1.82, 2.24) is 4.90 Å². The van der Waals surface area contributed by atoms with Crippen LogP contribution in [-0.2, 0) is 39.6 Å². The summed E-state index contributed by atoms with van der Waals surface area (Å²) >= 11 is 0. The second-order valence-electron chi connectivity index (χ2n) is 11.0. The fourth-order valence-electron chi connectivity index (χ4n) is 5.70. The minimum absolute atomic E-state index is 0.0210. The van der Waals surface area contributed by atoms with Gasteiger partial charge in [0.15, 0.2) is 11.5 Å². The molecule has 0 bridgehead atoms. The summed E-state index contributed by atoms with van der Waals surface area (Å²) in [5.74, 6) is 1.48. The summed E-state index contributed by atoms with van der Waals surface area (Å²) in [6.07, 6.45) is 0.928. The van der Waals surface area contributed by atoms with E-state index < -0.39 is 20.0 Å². The third kappa shape index (κ3) is 6.24. The molecule has 1 aliphatic heterocycles. The highest BCUT2D eigenvalue weighted by atomic mass is 32.3. The largest absolute Gasteiger partial charge is 0.493 e. The number of rotatable bonds is 10. The molecule has 5 aromatic carbocycles. The fourth-order valence-corrected chi connectivity index (χ4v) is 9.43. The SMILES string of the molecule is COc1cc2c(cc1OC)CN(Cc1ccc(-c3ccc(N(S(=O)(=O)c4ccccc4)S(=O)(=O)c4ccccc4)cc3)cc1)CC2. The maximum Gasteiger partial charge on any atom is 0.277 e. The lowest BCUT2D eigenvalue weighted by atomic mass is 9.98.